The van der Waals surface area contributed by atoms with Gasteiger partial charge in [0.2, 0.25) is 5.91 Å². The SMILES string of the molecule is C=C1CS(=O)(=O)[C@@H]2[C@H](NC(=O)Cc3ccccc3)C(=O)N2C1C(=O)O. The van der Waals surface area contributed by atoms with Crippen molar-refractivity contribution in [1.82, 2.24) is 10.2 Å². The summed E-state index contributed by atoms with van der Waals surface area (Å²) in [6, 6.07) is 6.12. The largest absolute Gasteiger partial charge is 0.479 e. The van der Waals surface area contributed by atoms with E-state index in [9.17, 15) is 27.9 Å². The number of carbonyl (C=O) groups excluding carboxylic acids is 2. The van der Waals surface area contributed by atoms with Gasteiger partial charge in [0.1, 0.15) is 6.04 Å². The molecular formula is C16H16N2O6S. The van der Waals surface area contributed by atoms with Crippen molar-refractivity contribution in [3.8, 4) is 0 Å². The van der Waals surface area contributed by atoms with Gasteiger partial charge in [-0.15, -0.1) is 0 Å². The Morgan fingerprint density at radius 3 is 2.52 bits per heavy atom. The highest BCUT2D eigenvalue weighted by molar-refractivity contribution is 7.92. The van der Waals surface area contributed by atoms with Crippen LogP contribution in [0.25, 0.3) is 0 Å². The number of benzene rings is 1. The topological polar surface area (TPSA) is 121 Å². The number of nitrogens with one attached hydrogen (secondary N) is 1. The van der Waals surface area contributed by atoms with Crippen LogP contribution in [0.1, 0.15) is 5.56 Å². The van der Waals surface area contributed by atoms with Crippen LogP contribution >= 0.6 is 0 Å². The Labute approximate surface area is 144 Å². The molecule has 3 rings (SSSR count). The highest BCUT2D eigenvalue weighted by Gasteiger charge is 2.62. The van der Waals surface area contributed by atoms with Gasteiger partial charge in [0, 0.05) is 0 Å². The molecule has 8 nitrogen and oxygen atoms in total. The summed E-state index contributed by atoms with van der Waals surface area (Å²) in [5.41, 5.74) is 0.651. The predicted octanol–water partition coefficient (Wildman–Crippen LogP) is -0.680. The summed E-state index contributed by atoms with van der Waals surface area (Å²) in [5, 5.41) is 10.3. The zero-order chi connectivity index (χ0) is 18.4. The zero-order valence-corrected chi connectivity index (χ0v) is 13.9. The average Bonchev–Trinajstić information content (AvgIpc) is 2.52. The molecule has 0 radical (unpaired) electrons. The predicted molar refractivity (Wildman–Crippen MR) is 87.1 cm³/mol. The van der Waals surface area contributed by atoms with E-state index < -0.39 is 50.8 Å². The molecule has 0 aromatic heterocycles. The summed E-state index contributed by atoms with van der Waals surface area (Å²) in [5.74, 6) is -3.10. The highest BCUT2D eigenvalue weighted by atomic mass is 32.2. The molecule has 2 aliphatic rings. The molecule has 2 N–H and O–H groups in total. The Kier molecular flexibility index (Phi) is 4.11. The molecule has 3 atom stereocenters. The van der Waals surface area contributed by atoms with Gasteiger partial charge in [-0.25, -0.2) is 13.2 Å². The van der Waals surface area contributed by atoms with Crippen LogP contribution in [0.5, 0.6) is 0 Å². The fourth-order valence-electron chi connectivity index (χ4n) is 3.19. The maximum absolute atomic E-state index is 12.3. The lowest BCUT2D eigenvalue weighted by Crippen LogP contribution is -2.78. The van der Waals surface area contributed by atoms with Crippen LogP contribution in [-0.2, 0) is 30.6 Å². The minimum absolute atomic E-state index is 0.00749. The van der Waals surface area contributed by atoms with Crippen molar-refractivity contribution >= 4 is 27.6 Å². The number of sulfone groups is 1. The van der Waals surface area contributed by atoms with E-state index in [0.29, 0.717) is 5.56 Å². The maximum atomic E-state index is 12.3. The first-order valence-corrected chi connectivity index (χ1v) is 9.21. The van der Waals surface area contributed by atoms with Crippen LogP contribution in [0.2, 0.25) is 0 Å². The summed E-state index contributed by atoms with van der Waals surface area (Å²) in [7, 11) is -3.81. The van der Waals surface area contributed by atoms with Gasteiger partial charge in [0.15, 0.2) is 21.3 Å². The smallest absolute Gasteiger partial charge is 0.330 e. The van der Waals surface area contributed by atoms with Crippen LogP contribution in [0.15, 0.2) is 42.5 Å². The lowest BCUT2D eigenvalue weighted by atomic mass is 9.98. The van der Waals surface area contributed by atoms with Crippen molar-refractivity contribution in [2.45, 2.75) is 23.9 Å². The number of amides is 2. The van der Waals surface area contributed by atoms with Gasteiger partial charge in [-0.05, 0) is 11.1 Å². The molecule has 1 unspecified atom stereocenters. The second-order valence-corrected chi connectivity index (χ2v) is 8.15. The van der Waals surface area contributed by atoms with Crippen molar-refractivity contribution in [2.24, 2.45) is 0 Å². The molecule has 0 saturated carbocycles. The Hall–Kier alpha value is -2.68. The number of β-lactam (4-membered cyclic amide) rings is 1. The Morgan fingerprint density at radius 1 is 1.28 bits per heavy atom. The summed E-state index contributed by atoms with van der Waals surface area (Å²) < 4.78 is 24.6. The number of nitrogens with zero attached hydrogens (tertiary/aromatic N) is 1. The van der Waals surface area contributed by atoms with Crippen LogP contribution in [0, 0.1) is 0 Å². The van der Waals surface area contributed by atoms with Crippen molar-refractivity contribution in [1.29, 1.82) is 0 Å². The number of fused-ring (bicyclic) bond motifs is 1. The summed E-state index contributed by atoms with van der Waals surface area (Å²) in [6.45, 7) is 3.47. The number of hydrogen-bond donors (Lipinski definition) is 2. The molecule has 9 heteroatoms. The van der Waals surface area contributed by atoms with Crippen molar-refractivity contribution in [3.05, 3.63) is 48.0 Å². The van der Waals surface area contributed by atoms with Gasteiger partial charge < -0.3 is 15.3 Å². The van der Waals surface area contributed by atoms with E-state index in [0.717, 1.165) is 4.90 Å². The van der Waals surface area contributed by atoms with E-state index in [4.69, 9.17) is 0 Å². The van der Waals surface area contributed by atoms with E-state index in [1.165, 1.54) is 0 Å². The van der Waals surface area contributed by atoms with Crippen LogP contribution in [-0.4, -0.2) is 59.4 Å². The van der Waals surface area contributed by atoms with Gasteiger partial charge in [-0.1, -0.05) is 36.9 Å². The van der Waals surface area contributed by atoms with Gasteiger partial charge in [-0.3, -0.25) is 9.59 Å². The Bertz CT molecular complexity index is 864. The van der Waals surface area contributed by atoms with Crippen molar-refractivity contribution in [3.63, 3.8) is 0 Å². The molecule has 1 aromatic carbocycles. The van der Waals surface area contributed by atoms with Crippen LogP contribution in [0.3, 0.4) is 0 Å². The van der Waals surface area contributed by atoms with Gasteiger partial charge in [-0.2, -0.15) is 0 Å². The molecule has 2 amide bonds. The number of carboxylic acid groups (broad SMARTS) is 1. The molecule has 2 aliphatic heterocycles. The number of rotatable bonds is 4. The summed E-state index contributed by atoms with van der Waals surface area (Å²) in [6.07, 6.45) is -0.00749. The molecule has 1 aromatic rings. The monoisotopic (exact) mass is 364 g/mol. The highest BCUT2D eigenvalue weighted by Crippen LogP contribution is 2.36. The first kappa shape index (κ1) is 17.2. The molecule has 2 heterocycles. The number of carbonyl (C=O) groups is 3. The first-order chi connectivity index (χ1) is 11.7. The van der Waals surface area contributed by atoms with E-state index in [2.05, 4.69) is 11.9 Å². The second-order valence-electron chi connectivity index (χ2n) is 6.05. The maximum Gasteiger partial charge on any atom is 0.330 e. The van der Waals surface area contributed by atoms with E-state index in [-0.39, 0.29) is 12.0 Å². The zero-order valence-electron chi connectivity index (χ0n) is 13.1. The number of carboxylic acids is 1. The third-order valence-electron chi connectivity index (χ3n) is 4.26. The third-order valence-corrected chi connectivity index (χ3v) is 6.27. The molecule has 0 spiro atoms. The lowest BCUT2D eigenvalue weighted by molar-refractivity contribution is -0.160. The van der Waals surface area contributed by atoms with Crippen LogP contribution < -0.4 is 5.32 Å². The number of hydrogen-bond acceptors (Lipinski definition) is 5. The van der Waals surface area contributed by atoms with Gasteiger partial charge in [0.05, 0.1) is 12.2 Å². The van der Waals surface area contributed by atoms with E-state index in [1.807, 2.05) is 0 Å². The minimum Gasteiger partial charge on any atom is -0.479 e. The lowest BCUT2D eigenvalue weighted by Gasteiger charge is -2.51. The summed E-state index contributed by atoms with van der Waals surface area (Å²) >= 11 is 0. The number of aliphatic carboxylic acids is 1. The fourth-order valence-corrected chi connectivity index (χ4v) is 5.21. The normalized spacial score (nSPS) is 27.2. The van der Waals surface area contributed by atoms with Gasteiger partial charge in [0.25, 0.3) is 5.91 Å². The second kappa shape index (κ2) is 5.99. The molecule has 25 heavy (non-hydrogen) atoms. The molecule has 0 bridgehead atoms. The van der Waals surface area contributed by atoms with Crippen molar-refractivity contribution < 1.29 is 27.9 Å². The van der Waals surface area contributed by atoms with Crippen molar-refractivity contribution in [2.75, 3.05) is 5.75 Å². The average molecular weight is 364 g/mol. The minimum atomic E-state index is -3.81. The van der Waals surface area contributed by atoms with E-state index in [1.54, 1.807) is 30.3 Å². The Balaban J connectivity index is 1.78. The summed E-state index contributed by atoms with van der Waals surface area (Å²) in [4.78, 5) is 36.5. The Morgan fingerprint density at radius 2 is 1.92 bits per heavy atom. The fraction of sp³-hybridized carbons (Fsp3) is 0.312. The van der Waals surface area contributed by atoms with Gasteiger partial charge >= 0.3 is 5.97 Å². The van der Waals surface area contributed by atoms with Crippen LogP contribution in [0.4, 0.5) is 0 Å². The molecule has 2 saturated heterocycles. The molecular weight excluding hydrogens is 348 g/mol. The quantitative estimate of drug-likeness (QED) is 0.539. The molecule has 0 aliphatic carbocycles. The van der Waals surface area contributed by atoms with E-state index >= 15 is 0 Å². The molecule has 132 valence electrons. The standard InChI is InChI=1S/C16H16N2O6S/c1-9-8-25(23,24)15-12(14(20)18(15)13(9)16(21)22)17-11(19)7-10-5-3-2-4-6-10/h2-6,12-13,15H,1,7-8H2,(H,17,19)(H,21,22)/t12-,13?,15-/m1/s1. The third kappa shape index (κ3) is 2.91. The first-order valence-electron chi connectivity index (χ1n) is 7.50. The molecule has 2 fully saturated rings.